The van der Waals surface area contributed by atoms with Crippen molar-refractivity contribution in [2.45, 2.75) is 6.92 Å². The fourth-order valence-electron chi connectivity index (χ4n) is 1.38. The fourth-order valence-corrected chi connectivity index (χ4v) is 1.38. The van der Waals surface area contributed by atoms with E-state index in [2.05, 4.69) is 4.98 Å². The predicted octanol–water partition coefficient (Wildman–Crippen LogP) is 1.16. The van der Waals surface area contributed by atoms with Gasteiger partial charge in [-0.15, -0.1) is 0 Å². The van der Waals surface area contributed by atoms with Crippen LogP contribution in [0.4, 0.5) is 0 Å². The first-order valence-corrected chi connectivity index (χ1v) is 4.98. The summed E-state index contributed by atoms with van der Waals surface area (Å²) in [6.07, 6.45) is 2.87. The smallest absolute Gasteiger partial charge is 0.308 e. The van der Waals surface area contributed by atoms with Crippen molar-refractivity contribution in [3.05, 3.63) is 53.2 Å². The Labute approximate surface area is 97.3 Å². The van der Waals surface area contributed by atoms with Crippen LogP contribution in [-0.2, 0) is 4.79 Å². The quantitative estimate of drug-likeness (QED) is 0.573. The van der Waals surface area contributed by atoms with Crippen molar-refractivity contribution in [1.82, 2.24) is 9.55 Å². The average molecular weight is 230 g/mol. The molecule has 17 heavy (non-hydrogen) atoms. The maximum Gasteiger partial charge on any atom is 0.308 e. The molecule has 0 radical (unpaired) electrons. The molecule has 0 spiro atoms. The van der Waals surface area contributed by atoms with Gasteiger partial charge in [0.1, 0.15) is 12.1 Å². The first-order valence-electron chi connectivity index (χ1n) is 4.98. The molecule has 1 heterocycles. The van der Waals surface area contributed by atoms with E-state index in [4.69, 9.17) is 4.74 Å². The summed E-state index contributed by atoms with van der Waals surface area (Å²) in [5.41, 5.74) is 0.499. The predicted molar refractivity (Wildman–Crippen MR) is 61.1 cm³/mol. The van der Waals surface area contributed by atoms with Crippen LogP contribution in [0.3, 0.4) is 0 Å². The molecular formula is C12H10N2O3. The van der Waals surface area contributed by atoms with E-state index in [1.54, 1.807) is 24.3 Å². The van der Waals surface area contributed by atoms with Crippen molar-refractivity contribution in [2.24, 2.45) is 0 Å². The lowest BCUT2D eigenvalue weighted by molar-refractivity contribution is -0.131. The molecule has 0 fully saturated rings. The topological polar surface area (TPSA) is 61.2 Å². The van der Waals surface area contributed by atoms with Gasteiger partial charge in [-0.05, 0) is 24.3 Å². The maximum absolute atomic E-state index is 11.5. The van der Waals surface area contributed by atoms with Gasteiger partial charge in [0.15, 0.2) is 0 Å². The first kappa shape index (κ1) is 11.1. The summed E-state index contributed by atoms with van der Waals surface area (Å²) in [5, 5.41) is 0. The van der Waals surface area contributed by atoms with Gasteiger partial charge < -0.3 is 4.74 Å². The molecule has 0 aliphatic heterocycles. The summed E-state index contributed by atoms with van der Waals surface area (Å²) in [5.74, 6) is 0.0643. The first-order chi connectivity index (χ1) is 8.16. The van der Waals surface area contributed by atoms with Crippen LogP contribution in [-0.4, -0.2) is 15.5 Å². The van der Waals surface area contributed by atoms with E-state index in [0.29, 0.717) is 11.4 Å². The molecule has 5 nitrogen and oxygen atoms in total. The van der Waals surface area contributed by atoms with E-state index < -0.39 is 0 Å². The molecule has 0 bridgehead atoms. The zero-order chi connectivity index (χ0) is 12.3. The molecule has 86 valence electrons. The Hall–Kier alpha value is -2.43. The van der Waals surface area contributed by atoms with Crippen LogP contribution in [0.25, 0.3) is 5.69 Å². The molecular weight excluding hydrogens is 220 g/mol. The summed E-state index contributed by atoms with van der Waals surface area (Å²) in [4.78, 5) is 26.1. The Morgan fingerprint density at radius 2 is 1.94 bits per heavy atom. The Morgan fingerprint density at radius 3 is 2.53 bits per heavy atom. The van der Waals surface area contributed by atoms with E-state index in [1.165, 1.54) is 30.1 Å². The highest BCUT2D eigenvalue weighted by Crippen LogP contribution is 2.13. The third kappa shape index (κ3) is 2.57. The zero-order valence-electron chi connectivity index (χ0n) is 9.16. The largest absolute Gasteiger partial charge is 0.427 e. The standard InChI is InChI=1S/C12H10N2O3/c1-9(15)17-11-4-2-10(3-5-11)14-8-13-7-6-12(14)16/h2-8H,1H3. The van der Waals surface area contributed by atoms with Crippen molar-refractivity contribution < 1.29 is 9.53 Å². The minimum absolute atomic E-state index is 0.166. The normalized spacial score (nSPS) is 9.94. The molecule has 5 heteroatoms. The molecule has 0 aliphatic carbocycles. The molecule has 0 aliphatic rings. The minimum Gasteiger partial charge on any atom is -0.427 e. The van der Waals surface area contributed by atoms with E-state index >= 15 is 0 Å². The maximum atomic E-state index is 11.5. The fraction of sp³-hybridized carbons (Fsp3) is 0.0833. The van der Waals surface area contributed by atoms with Gasteiger partial charge in [-0.25, -0.2) is 4.98 Å². The van der Waals surface area contributed by atoms with Crippen LogP contribution < -0.4 is 10.3 Å². The molecule has 0 amide bonds. The summed E-state index contributed by atoms with van der Waals surface area (Å²) >= 11 is 0. The van der Waals surface area contributed by atoms with Gasteiger partial charge in [0.2, 0.25) is 0 Å². The van der Waals surface area contributed by atoms with Crippen LogP contribution in [0, 0.1) is 0 Å². The highest BCUT2D eigenvalue weighted by molar-refractivity contribution is 5.69. The van der Waals surface area contributed by atoms with Crippen molar-refractivity contribution in [2.75, 3.05) is 0 Å². The van der Waals surface area contributed by atoms with Gasteiger partial charge in [-0.3, -0.25) is 14.2 Å². The molecule has 2 rings (SSSR count). The van der Waals surface area contributed by atoms with Crippen LogP contribution in [0.15, 0.2) is 47.7 Å². The number of nitrogens with zero attached hydrogens (tertiary/aromatic N) is 2. The number of carbonyl (C=O) groups excluding carboxylic acids is 1. The molecule has 0 unspecified atom stereocenters. The lowest BCUT2D eigenvalue weighted by Crippen LogP contribution is -2.16. The van der Waals surface area contributed by atoms with E-state index in [0.717, 1.165) is 0 Å². The third-order valence-electron chi connectivity index (χ3n) is 2.10. The van der Waals surface area contributed by atoms with Crippen molar-refractivity contribution in [3.63, 3.8) is 0 Å². The molecule has 1 aromatic carbocycles. The molecule has 0 saturated heterocycles. The van der Waals surface area contributed by atoms with E-state index in [9.17, 15) is 9.59 Å². The van der Waals surface area contributed by atoms with Gasteiger partial charge in [-0.1, -0.05) is 0 Å². The molecule has 2 aromatic rings. The number of hydrogen-bond acceptors (Lipinski definition) is 4. The van der Waals surface area contributed by atoms with Crippen LogP contribution in [0.1, 0.15) is 6.92 Å². The summed E-state index contributed by atoms with van der Waals surface area (Å²) in [6.45, 7) is 1.33. The second kappa shape index (κ2) is 4.61. The Bertz CT molecular complexity index is 587. The lowest BCUT2D eigenvalue weighted by Gasteiger charge is -2.05. The third-order valence-corrected chi connectivity index (χ3v) is 2.10. The molecule has 0 saturated carbocycles. The monoisotopic (exact) mass is 230 g/mol. The van der Waals surface area contributed by atoms with Crippen LogP contribution in [0.5, 0.6) is 5.75 Å². The molecule has 0 atom stereocenters. The van der Waals surface area contributed by atoms with Crippen LogP contribution >= 0.6 is 0 Å². The average Bonchev–Trinajstić information content (AvgIpc) is 2.30. The summed E-state index contributed by atoms with van der Waals surface area (Å²) in [7, 11) is 0. The Kier molecular flexibility index (Phi) is 3.00. The number of ether oxygens (including phenoxy) is 1. The second-order valence-corrected chi connectivity index (χ2v) is 3.38. The van der Waals surface area contributed by atoms with Crippen molar-refractivity contribution >= 4 is 5.97 Å². The molecule has 1 aromatic heterocycles. The van der Waals surface area contributed by atoms with Gasteiger partial charge in [0.25, 0.3) is 5.56 Å². The highest BCUT2D eigenvalue weighted by atomic mass is 16.5. The number of esters is 1. The minimum atomic E-state index is -0.378. The highest BCUT2D eigenvalue weighted by Gasteiger charge is 2.01. The number of rotatable bonds is 2. The van der Waals surface area contributed by atoms with Gasteiger partial charge in [0, 0.05) is 19.2 Å². The number of carbonyl (C=O) groups is 1. The summed E-state index contributed by atoms with van der Waals surface area (Å²) < 4.78 is 6.29. The van der Waals surface area contributed by atoms with Gasteiger partial charge in [0.05, 0.1) is 5.69 Å². The number of aromatic nitrogens is 2. The van der Waals surface area contributed by atoms with E-state index in [-0.39, 0.29) is 11.5 Å². The van der Waals surface area contributed by atoms with Crippen molar-refractivity contribution in [1.29, 1.82) is 0 Å². The summed E-state index contributed by atoms with van der Waals surface area (Å²) in [6, 6.07) is 7.98. The van der Waals surface area contributed by atoms with Crippen molar-refractivity contribution in [3.8, 4) is 11.4 Å². The number of hydrogen-bond donors (Lipinski definition) is 0. The van der Waals surface area contributed by atoms with E-state index in [1.807, 2.05) is 0 Å². The van der Waals surface area contributed by atoms with Crippen LogP contribution in [0.2, 0.25) is 0 Å². The Balaban J connectivity index is 2.33. The lowest BCUT2D eigenvalue weighted by atomic mass is 10.3. The zero-order valence-corrected chi connectivity index (χ0v) is 9.16. The Morgan fingerprint density at radius 1 is 1.24 bits per heavy atom. The van der Waals surface area contributed by atoms with Gasteiger partial charge in [-0.2, -0.15) is 0 Å². The molecule has 0 N–H and O–H groups in total. The van der Waals surface area contributed by atoms with Gasteiger partial charge >= 0.3 is 5.97 Å². The number of benzene rings is 1. The SMILES string of the molecule is CC(=O)Oc1ccc(-n2cnccc2=O)cc1. The second-order valence-electron chi connectivity index (χ2n) is 3.38.